The largest absolute Gasteiger partial charge is 0.465 e. The van der Waals surface area contributed by atoms with E-state index >= 15 is 0 Å². The summed E-state index contributed by atoms with van der Waals surface area (Å²) in [6.07, 6.45) is 0. The van der Waals surface area contributed by atoms with E-state index in [0.717, 1.165) is 27.7 Å². The molecule has 1 heterocycles. The SMILES string of the molecule is COC(=O)c1c(-c2ccccc2)[nH]c2cc(C)ccc12. The van der Waals surface area contributed by atoms with Crippen LogP contribution in [0.4, 0.5) is 0 Å². The second-order valence-electron chi connectivity index (χ2n) is 4.78. The second kappa shape index (κ2) is 4.85. The molecule has 3 heteroatoms. The van der Waals surface area contributed by atoms with Crippen LogP contribution in [0.3, 0.4) is 0 Å². The molecule has 0 saturated carbocycles. The molecule has 0 aliphatic carbocycles. The Morgan fingerprint density at radius 1 is 1.10 bits per heavy atom. The van der Waals surface area contributed by atoms with Gasteiger partial charge in [0.05, 0.1) is 18.4 Å². The standard InChI is InChI=1S/C17H15NO2/c1-11-8-9-13-14(10-11)18-16(15(13)17(19)20-2)12-6-4-3-5-7-12/h3-10,18H,1-2H3. The third-order valence-corrected chi connectivity index (χ3v) is 3.41. The van der Waals surface area contributed by atoms with E-state index in [9.17, 15) is 4.79 Å². The summed E-state index contributed by atoms with van der Waals surface area (Å²) >= 11 is 0. The van der Waals surface area contributed by atoms with Gasteiger partial charge in [0.2, 0.25) is 0 Å². The first-order chi connectivity index (χ1) is 9.70. The fourth-order valence-corrected chi connectivity index (χ4v) is 2.45. The zero-order valence-electron chi connectivity index (χ0n) is 11.4. The Morgan fingerprint density at radius 2 is 1.85 bits per heavy atom. The van der Waals surface area contributed by atoms with Crippen molar-refractivity contribution in [2.75, 3.05) is 7.11 Å². The highest BCUT2D eigenvalue weighted by Crippen LogP contribution is 2.31. The van der Waals surface area contributed by atoms with Crippen LogP contribution in [-0.2, 0) is 4.74 Å². The average Bonchev–Trinajstić information content (AvgIpc) is 2.85. The van der Waals surface area contributed by atoms with E-state index in [-0.39, 0.29) is 5.97 Å². The number of methoxy groups -OCH3 is 1. The number of carbonyl (C=O) groups is 1. The van der Waals surface area contributed by atoms with Crippen molar-refractivity contribution in [1.29, 1.82) is 0 Å². The Morgan fingerprint density at radius 3 is 2.55 bits per heavy atom. The van der Waals surface area contributed by atoms with Crippen LogP contribution in [0.2, 0.25) is 0 Å². The molecule has 0 amide bonds. The maximum absolute atomic E-state index is 12.1. The van der Waals surface area contributed by atoms with Crippen molar-refractivity contribution in [2.45, 2.75) is 6.92 Å². The van der Waals surface area contributed by atoms with E-state index in [1.165, 1.54) is 7.11 Å². The van der Waals surface area contributed by atoms with Gasteiger partial charge in [-0.05, 0) is 24.1 Å². The van der Waals surface area contributed by atoms with Crippen molar-refractivity contribution in [3.05, 3.63) is 59.7 Å². The first-order valence-corrected chi connectivity index (χ1v) is 6.47. The molecule has 3 rings (SSSR count). The minimum absolute atomic E-state index is 0.320. The minimum atomic E-state index is -0.320. The number of fused-ring (bicyclic) bond motifs is 1. The third kappa shape index (κ3) is 1.97. The fourth-order valence-electron chi connectivity index (χ4n) is 2.45. The van der Waals surface area contributed by atoms with Crippen molar-refractivity contribution >= 4 is 16.9 Å². The number of H-pyrrole nitrogens is 1. The summed E-state index contributed by atoms with van der Waals surface area (Å²) in [5, 5.41) is 0.890. The Hall–Kier alpha value is -2.55. The van der Waals surface area contributed by atoms with Gasteiger partial charge in [0.25, 0.3) is 0 Å². The molecular weight excluding hydrogens is 250 g/mol. The lowest BCUT2D eigenvalue weighted by atomic mass is 10.0. The topological polar surface area (TPSA) is 42.1 Å². The van der Waals surface area contributed by atoms with Gasteiger partial charge in [0.1, 0.15) is 0 Å². The van der Waals surface area contributed by atoms with Gasteiger partial charge in [0.15, 0.2) is 0 Å². The number of rotatable bonds is 2. The van der Waals surface area contributed by atoms with Crippen LogP contribution in [0.25, 0.3) is 22.2 Å². The number of aryl methyl sites for hydroxylation is 1. The molecule has 0 aliphatic heterocycles. The van der Waals surface area contributed by atoms with Gasteiger partial charge >= 0.3 is 5.97 Å². The lowest BCUT2D eigenvalue weighted by Crippen LogP contribution is -2.02. The third-order valence-electron chi connectivity index (χ3n) is 3.41. The van der Waals surface area contributed by atoms with E-state index in [4.69, 9.17) is 4.74 Å². The molecule has 0 spiro atoms. The van der Waals surface area contributed by atoms with Gasteiger partial charge in [-0.1, -0.05) is 42.5 Å². The summed E-state index contributed by atoms with van der Waals surface area (Å²) in [6, 6.07) is 15.8. The summed E-state index contributed by atoms with van der Waals surface area (Å²) in [5.74, 6) is -0.320. The van der Waals surface area contributed by atoms with Crippen molar-refractivity contribution in [1.82, 2.24) is 4.98 Å². The second-order valence-corrected chi connectivity index (χ2v) is 4.78. The van der Waals surface area contributed by atoms with Crippen LogP contribution in [-0.4, -0.2) is 18.1 Å². The Balaban J connectivity index is 2.33. The molecule has 0 saturated heterocycles. The Bertz CT molecular complexity index is 772. The van der Waals surface area contributed by atoms with E-state index in [1.807, 2.05) is 55.5 Å². The molecule has 0 atom stereocenters. The van der Waals surface area contributed by atoms with Gasteiger partial charge in [-0.15, -0.1) is 0 Å². The molecule has 0 unspecified atom stereocenters. The van der Waals surface area contributed by atoms with E-state index in [2.05, 4.69) is 4.98 Å². The molecule has 3 nitrogen and oxygen atoms in total. The lowest BCUT2D eigenvalue weighted by Gasteiger charge is -2.03. The molecule has 1 aromatic heterocycles. The maximum Gasteiger partial charge on any atom is 0.340 e. The van der Waals surface area contributed by atoms with Crippen molar-refractivity contribution in [2.24, 2.45) is 0 Å². The number of ether oxygens (including phenoxy) is 1. The van der Waals surface area contributed by atoms with Crippen LogP contribution in [0.15, 0.2) is 48.5 Å². The molecule has 1 N–H and O–H groups in total. The number of hydrogen-bond donors (Lipinski definition) is 1. The lowest BCUT2D eigenvalue weighted by molar-refractivity contribution is 0.0604. The molecule has 100 valence electrons. The Kier molecular flexibility index (Phi) is 3.03. The van der Waals surface area contributed by atoms with Gasteiger partial charge in [0, 0.05) is 10.9 Å². The number of benzene rings is 2. The summed E-state index contributed by atoms with van der Waals surface area (Å²) in [6.45, 7) is 2.03. The molecular formula is C17H15NO2. The van der Waals surface area contributed by atoms with Crippen LogP contribution >= 0.6 is 0 Å². The molecule has 0 bridgehead atoms. The van der Waals surface area contributed by atoms with Crippen LogP contribution in [0.1, 0.15) is 15.9 Å². The average molecular weight is 265 g/mol. The number of aromatic amines is 1. The molecule has 20 heavy (non-hydrogen) atoms. The molecule has 0 fully saturated rings. The predicted molar refractivity (Wildman–Crippen MR) is 79.8 cm³/mol. The number of nitrogens with one attached hydrogen (secondary N) is 1. The van der Waals surface area contributed by atoms with Gasteiger partial charge < -0.3 is 9.72 Å². The smallest absolute Gasteiger partial charge is 0.340 e. The van der Waals surface area contributed by atoms with E-state index in [1.54, 1.807) is 0 Å². The summed E-state index contributed by atoms with van der Waals surface area (Å²) in [5.41, 5.74) is 4.47. The van der Waals surface area contributed by atoms with Crippen molar-refractivity contribution < 1.29 is 9.53 Å². The quantitative estimate of drug-likeness (QED) is 0.713. The van der Waals surface area contributed by atoms with Gasteiger partial charge in [-0.2, -0.15) is 0 Å². The molecule has 3 aromatic rings. The summed E-state index contributed by atoms with van der Waals surface area (Å²) < 4.78 is 4.94. The number of aromatic nitrogens is 1. The number of esters is 1. The fraction of sp³-hybridized carbons (Fsp3) is 0.118. The zero-order chi connectivity index (χ0) is 14.1. The molecule has 2 aromatic carbocycles. The molecule has 0 radical (unpaired) electrons. The zero-order valence-corrected chi connectivity index (χ0v) is 11.4. The van der Waals surface area contributed by atoms with E-state index in [0.29, 0.717) is 5.56 Å². The highest BCUT2D eigenvalue weighted by Gasteiger charge is 2.19. The normalized spacial score (nSPS) is 10.7. The highest BCUT2D eigenvalue weighted by atomic mass is 16.5. The minimum Gasteiger partial charge on any atom is -0.465 e. The van der Waals surface area contributed by atoms with Crippen molar-refractivity contribution in [3.63, 3.8) is 0 Å². The van der Waals surface area contributed by atoms with Crippen LogP contribution in [0.5, 0.6) is 0 Å². The maximum atomic E-state index is 12.1. The van der Waals surface area contributed by atoms with Crippen LogP contribution in [0, 0.1) is 6.92 Å². The summed E-state index contributed by atoms with van der Waals surface area (Å²) in [7, 11) is 1.41. The van der Waals surface area contributed by atoms with Crippen molar-refractivity contribution in [3.8, 4) is 11.3 Å². The monoisotopic (exact) mass is 265 g/mol. The Labute approximate surface area is 117 Å². The molecule has 0 aliphatic rings. The number of carbonyl (C=O) groups excluding carboxylic acids is 1. The van der Waals surface area contributed by atoms with E-state index < -0.39 is 0 Å². The predicted octanol–water partition coefficient (Wildman–Crippen LogP) is 3.93. The van der Waals surface area contributed by atoms with Crippen LogP contribution < -0.4 is 0 Å². The first-order valence-electron chi connectivity index (χ1n) is 6.47. The van der Waals surface area contributed by atoms with Gasteiger partial charge in [-0.3, -0.25) is 0 Å². The van der Waals surface area contributed by atoms with Gasteiger partial charge in [-0.25, -0.2) is 4.79 Å². The number of hydrogen-bond acceptors (Lipinski definition) is 2. The first kappa shape index (κ1) is 12.5. The summed E-state index contributed by atoms with van der Waals surface area (Å²) in [4.78, 5) is 15.5. The highest BCUT2D eigenvalue weighted by molar-refractivity contribution is 6.10.